The van der Waals surface area contributed by atoms with Crippen LogP contribution in [-0.2, 0) is 11.3 Å². The molecule has 30 heavy (non-hydrogen) atoms. The number of benzene rings is 2. The number of carbonyl (C=O) groups excluding carboxylic acids is 1. The fourth-order valence-corrected chi connectivity index (χ4v) is 3.48. The number of ether oxygens (including phenoxy) is 1. The van der Waals surface area contributed by atoms with Gasteiger partial charge in [0.25, 0.3) is 5.91 Å². The second-order valence-corrected chi connectivity index (χ2v) is 7.55. The fourth-order valence-electron chi connectivity index (χ4n) is 3.32. The molecule has 1 fully saturated rings. The summed E-state index contributed by atoms with van der Waals surface area (Å²) in [5.74, 6) is -0.295. The summed E-state index contributed by atoms with van der Waals surface area (Å²) in [6, 6.07) is 14.5. The molecule has 0 aliphatic carbocycles. The number of piperazine rings is 1. The number of rotatable bonds is 9. The number of nitro groups is 1. The Balaban J connectivity index is 1.33. The molecule has 2 aromatic carbocycles. The standard InChI is InChI=1S/C21H25ClN4O4/c22-18-6-7-20(19(14-18)26(28)29)30-16-21(27)23-8-9-24-10-12-25(13-11-24)15-17-4-2-1-3-5-17/h1-7,14H,8-13,15-16H2,(H,23,27). The van der Waals surface area contributed by atoms with Crippen molar-refractivity contribution < 1.29 is 14.5 Å². The van der Waals surface area contributed by atoms with Crippen molar-refractivity contribution in [2.24, 2.45) is 0 Å². The van der Waals surface area contributed by atoms with Crippen LogP contribution in [0.4, 0.5) is 5.69 Å². The van der Waals surface area contributed by atoms with Crippen molar-refractivity contribution in [3.05, 3.63) is 69.2 Å². The lowest BCUT2D eigenvalue weighted by Gasteiger charge is -2.34. The van der Waals surface area contributed by atoms with Crippen LogP contribution in [0.2, 0.25) is 5.02 Å². The van der Waals surface area contributed by atoms with Crippen molar-refractivity contribution >= 4 is 23.2 Å². The first-order chi connectivity index (χ1) is 14.5. The minimum atomic E-state index is -0.587. The summed E-state index contributed by atoms with van der Waals surface area (Å²) in [7, 11) is 0. The van der Waals surface area contributed by atoms with Gasteiger partial charge in [-0.15, -0.1) is 0 Å². The summed E-state index contributed by atoms with van der Waals surface area (Å²) >= 11 is 5.77. The van der Waals surface area contributed by atoms with Crippen LogP contribution in [0.1, 0.15) is 5.56 Å². The molecule has 0 bridgehead atoms. The van der Waals surface area contributed by atoms with Gasteiger partial charge >= 0.3 is 5.69 Å². The van der Waals surface area contributed by atoms with E-state index in [-0.39, 0.29) is 29.0 Å². The minimum absolute atomic E-state index is 0.0223. The molecule has 1 amide bonds. The minimum Gasteiger partial charge on any atom is -0.477 e. The first-order valence-corrected chi connectivity index (χ1v) is 10.2. The second-order valence-electron chi connectivity index (χ2n) is 7.11. The van der Waals surface area contributed by atoms with Gasteiger partial charge in [0.1, 0.15) is 0 Å². The van der Waals surface area contributed by atoms with Crippen molar-refractivity contribution in [1.29, 1.82) is 0 Å². The van der Waals surface area contributed by atoms with Gasteiger partial charge in [-0.05, 0) is 17.7 Å². The van der Waals surface area contributed by atoms with Gasteiger partial charge in [0, 0.05) is 56.9 Å². The van der Waals surface area contributed by atoms with E-state index in [9.17, 15) is 14.9 Å². The topological polar surface area (TPSA) is 87.9 Å². The van der Waals surface area contributed by atoms with Crippen LogP contribution in [0, 0.1) is 10.1 Å². The van der Waals surface area contributed by atoms with E-state index in [0.29, 0.717) is 6.54 Å². The lowest BCUT2D eigenvalue weighted by molar-refractivity contribution is -0.385. The summed E-state index contributed by atoms with van der Waals surface area (Å²) in [5, 5.41) is 14.1. The smallest absolute Gasteiger partial charge is 0.312 e. The van der Waals surface area contributed by atoms with Gasteiger partial charge in [-0.2, -0.15) is 0 Å². The van der Waals surface area contributed by atoms with Gasteiger partial charge in [0.2, 0.25) is 0 Å². The van der Waals surface area contributed by atoms with Crippen LogP contribution in [0.25, 0.3) is 0 Å². The molecule has 0 aromatic heterocycles. The van der Waals surface area contributed by atoms with E-state index in [0.717, 1.165) is 39.3 Å². The molecule has 1 N–H and O–H groups in total. The number of hydrogen-bond donors (Lipinski definition) is 1. The highest BCUT2D eigenvalue weighted by molar-refractivity contribution is 6.30. The molecule has 3 rings (SSSR count). The fraction of sp³-hybridized carbons (Fsp3) is 0.381. The van der Waals surface area contributed by atoms with E-state index < -0.39 is 4.92 Å². The maximum Gasteiger partial charge on any atom is 0.312 e. The Morgan fingerprint density at radius 1 is 1.10 bits per heavy atom. The Morgan fingerprint density at radius 3 is 2.50 bits per heavy atom. The molecule has 0 unspecified atom stereocenters. The van der Waals surface area contributed by atoms with E-state index in [1.807, 2.05) is 6.07 Å². The summed E-state index contributed by atoms with van der Waals surface area (Å²) in [6.45, 7) is 5.83. The zero-order chi connectivity index (χ0) is 21.3. The Morgan fingerprint density at radius 2 is 1.80 bits per heavy atom. The lowest BCUT2D eigenvalue weighted by atomic mass is 10.2. The summed E-state index contributed by atoms with van der Waals surface area (Å²) < 4.78 is 5.30. The zero-order valence-electron chi connectivity index (χ0n) is 16.6. The highest BCUT2D eigenvalue weighted by Crippen LogP contribution is 2.29. The molecule has 0 saturated carbocycles. The highest BCUT2D eigenvalue weighted by atomic mass is 35.5. The van der Waals surface area contributed by atoms with Gasteiger partial charge < -0.3 is 10.1 Å². The van der Waals surface area contributed by atoms with Crippen LogP contribution in [0.15, 0.2) is 48.5 Å². The quantitative estimate of drug-likeness (QED) is 0.484. The molecule has 2 aromatic rings. The van der Waals surface area contributed by atoms with E-state index in [4.69, 9.17) is 16.3 Å². The molecular weight excluding hydrogens is 408 g/mol. The van der Waals surface area contributed by atoms with E-state index in [2.05, 4.69) is 39.4 Å². The molecule has 0 radical (unpaired) electrons. The van der Waals surface area contributed by atoms with E-state index in [1.165, 1.54) is 23.8 Å². The van der Waals surface area contributed by atoms with Crippen LogP contribution in [0.5, 0.6) is 5.75 Å². The molecule has 1 heterocycles. The van der Waals surface area contributed by atoms with Crippen molar-refractivity contribution in [2.45, 2.75) is 6.54 Å². The zero-order valence-corrected chi connectivity index (χ0v) is 17.4. The molecular formula is C21H25ClN4O4. The van der Waals surface area contributed by atoms with Crippen LogP contribution >= 0.6 is 11.6 Å². The molecule has 0 atom stereocenters. The van der Waals surface area contributed by atoms with Gasteiger partial charge in [-0.25, -0.2) is 0 Å². The van der Waals surface area contributed by atoms with Gasteiger partial charge in [0.05, 0.1) is 4.92 Å². The molecule has 1 aliphatic rings. The van der Waals surface area contributed by atoms with Gasteiger partial charge in [-0.3, -0.25) is 24.7 Å². The van der Waals surface area contributed by atoms with Crippen LogP contribution in [0.3, 0.4) is 0 Å². The van der Waals surface area contributed by atoms with Crippen molar-refractivity contribution in [3.8, 4) is 5.75 Å². The lowest BCUT2D eigenvalue weighted by Crippen LogP contribution is -2.48. The third-order valence-corrected chi connectivity index (χ3v) is 5.18. The third kappa shape index (κ3) is 6.69. The normalized spacial score (nSPS) is 15.0. The van der Waals surface area contributed by atoms with Crippen molar-refractivity contribution in [3.63, 3.8) is 0 Å². The monoisotopic (exact) mass is 432 g/mol. The van der Waals surface area contributed by atoms with E-state index in [1.54, 1.807) is 0 Å². The number of carbonyl (C=O) groups is 1. The highest BCUT2D eigenvalue weighted by Gasteiger charge is 2.18. The van der Waals surface area contributed by atoms with Gasteiger partial charge in [-0.1, -0.05) is 41.9 Å². The number of halogens is 1. The van der Waals surface area contributed by atoms with E-state index >= 15 is 0 Å². The molecule has 160 valence electrons. The summed E-state index contributed by atoms with van der Waals surface area (Å²) in [4.78, 5) is 27.2. The first-order valence-electron chi connectivity index (χ1n) is 9.83. The molecule has 0 spiro atoms. The largest absolute Gasteiger partial charge is 0.477 e. The number of nitrogens with zero attached hydrogens (tertiary/aromatic N) is 3. The Kier molecular flexibility index (Phi) is 8.01. The van der Waals surface area contributed by atoms with Crippen molar-refractivity contribution in [2.75, 3.05) is 45.9 Å². The number of nitrogens with one attached hydrogen (secondary N) is 1. The molecule has 9 heteroatoms. The average molecular weight is 433 g/mol. The molecule has 8 nitrogen and oxygen atoms in total. The Hall–Kier alpha value is -2.68. The predicted molar refractivity (Wildman–Crippen MR) is 115 cm³/mol. The average Bonchev–Trinajstić information content (AvgIpc) is 2.75. The van der Waals surface area contributed by atoms with Crippen LogP contribution in [-0.4, -0.2) is 66.5 Å². The maximum absolute atomic E-state index is 12.0. The Labute approximate surface area is 180 Å². The summed E-state index contributed by atoms with van der Waals surface area (Å²) in [5.41, 5.74) is 1.06. The van der Waals surface area contributed by atoms with Crippen LogP contribution < -0.4 is 10.1 Å². The van der Waals surface area contributed by atoms with Crippen molar-refractivity contribution in [1.82, 2.24) is 15.1 Å². The number of hydrogen-bond acceptors (Lipinski definition) is 6. The Bertz CT molecular complexity index is 857. The molecule has 1 aliphatic heterocycles. The maximum atomic E-state index is 12.0. The third-order valence-electron chi connectivity index (χ3n) is 4.94. The number of nitro benzene ring substituents is 1. The SMILES string of the molecule is O=C(COc1ccc(Cl)cc1[N+](=O)[O-])NCCN1CCN(Cc2ccccc2)CC1. The van der Waals surface area contributed by atoms with Gasteiger partial charge in [0.15, 0.2) is 12.4 Å². The number of amides is 1. The predicted octanol–water partition coefficient (Wildman–Crippen LogP) is 2.56. The first kappa shape index (κ1) is 22.0. The molecule has 1 saturated heterocycles. The summed E-state index contributed by atoms with van der Waals surface area (Å²) in [6.07, 6.45) is 0. The second kappa shape index (κ2) is 10.9.